The van der Waals surface area contributed by atoms with E-state index in [2.05, 4.69) is 0 Å². The van der Waals surface area contributed by atoms with Crippen LogP contribution in [-0.4, -0.2) is 35.0 Å². The van der Waals surface area contributed by atoms with Crippen molar-refractivity contribution >= 4 is 20.8 Å². The number of hydrogen-bond acceptors (Lipinski definition) is 4. The molecule has 8 nitrogen and oxygen atoms in total. The predicted octanol–water partition coefficient (Wildman–Crippen LogP) is -1.32. The molecule has 0 aromatic carbocycles. The molecule has 0 saturated carbocycles. The van der Waals surface area contributed by atoms with E-state index in [1.165, 1.54) is 0 Å². The van der Waals surface area contributed by atoms with E-state index >= 15 is 0 Å². The van der Waals surface area contributed by atoms with Crippen LogP contribution in [0.2, 0.25) is 0 Å². The second kappa shape index (κ2) is 27.7. The molecule has 0 spiro atoms. The summed E-state index contributed by atoms with van der Waals surface area (Å²) in [5.74, 6) is 0. The number of hydrogen-bond donors (Lipinski definition) is 4. The first-order valence-electron chi connectivity index (χ1n) is 1.40. The number of rotatable bonds is 0. The molecule has 0 saturated heterocycles. The summed E-state index contributed by atoms with van der Waals surface area (Å²) in [5, 5.41) is 0. The predicted molar refractivity (Wildman–Crippen MR) is 28.4 cm³/mol. The normalized spacial score (nSPS) is 6.82. The zero-order valence-corrected chi connectivity index (χ0v) is 14.6. The van der Waals surface area contributed by atoms with Crippen LogP contribution in [0.15, 0.2) is 0 Å². The molecule has 17 heavy (non-hydrogen) atoms. The van der Waals surface area contributed by atoms with Crippen molar-refractivity contribution in [2.75, 3.05) is 0 Å². The summed E-state index contributed by atoms with van der Waals surface area (Å²) in [7, 11) is -9.33. The molecule has 0 amide bonds. The maximum atomic E-state index is 8.74. The van der Waals surface area contributed by atoms with Crippen LogP contribution in [-0.2, 0) is 140 Å². The minimum atomic E-state index is -4.67. The summed E-state index contributed by atoms with van der Waals surface area (Å²) in [6.07, 6.45) is 0. The fourth-order valence-electron chi connectivity index (χ4n) is 0. The molecule has 0 aliphatic heterocycles. The Morgan fingerprint density at radius 1 is 0.412 bits per heavy atom. The summed E-state index contributed by atoms with van der Waals surface area (Å²) in [6.45, 7) is 0. The maximum absolute atomic E-state index is 8.74. The van der Waals surface area contributed by atoms with E-state index in [0.29, 0.717) is 0 Å². The minimum Gasteiger partial charge on any atom is -0.264 e. The molecular formula is H4Cu7O8S2. The first kappa shape index (κ1) is 59.1. The van der Waals surface area contributed by atoms with Crippen LogP contribution >= 0.6 is 0 Å². The molecule has 141 valence electrons. The molecule has 0 atom stereocenters. The Kier molecular flexibility index (Phi) is 96.2. The van der Waals surface area contributed by atoms with Gasteiger partial charge in [-0.05, 0) is 0 Å². The summed E-state index contributed by atoms with van der Waals surface area (Å²) in [4.78, 5) is 0. The SMILES string of the molecule is O=S(=O)(O)O.O=S(=O)(O)O.[Cu].[Cu].[Cu].[Cu].[Cu].[Cu].[Cu]. The summed E-state index contributed by atoms with van der Waals surface area (Å²) >= 11 is 0. The van der Waals surface area contributed by atoms with Gasteiger partial charge in [0.1, 0.15) is 0 Å². The Balaban J connectivity index is -0.00000000762. The second-order valence-corrected chi connectivity index (χ2v) is 2.69. The van der Waals surface area contributed by atoms with Gasteiger partial charge in [-0.15, -0.1) is 0 Å². The van der Waals surface area contributed by atoms with Crippen molar-refractivity contribution in [3.8, 4) is 0 Å². The van der Waals surface area contributed by atoms with Gasteiger partial charge in [0.25, 0.3) is 0 Å². The van der Waals surface area contributed by atoms with Gasteiger partial charge in [0.2, 0.25) is 0 Å². The zero-order chi connectivity index (χ0) is 9.00. The van der Waals surface area contributed by atoms with Gasteiger partial charge in [-0.3, -0.25) is 18.2 Å². The third kappa shape index (κ3) is 513. The first-order chi connectivity index (χ1) is 4.00. The van der Waals surface area contributed by atoms with Crippen LogP contribution in [0, 0.1) is 0 Å². The maximum Gasteiger partial charge on any atom is 0.394 e. The van der Waals surface area contributed by atoms with Gasteiger partial charge in [0.15, 0.2) is 0 Å². The third-order valence-corrected chi connectivity index (χ3v) is 0. The van der Waals surface area contributed by atoms with E-state index in [-0.39, 0.29) is 119 Å². The van der Waals surface area contributed by atoms with Crippen LogP contribution in [0.3, 0.4) is 0 Å². The molecule has 0 aliphatic rings. The molecular weight excluding hydrogens is 637 g/mol. The van der Waals surface area contributed by atoms with Gasteiger partial charge in [-0.2, -0.15) is 16.8 Å². The van der Waals surface area contributed by atoms with Crippen molar-refractivity contribution < 1.29 is 155 Å². The molecule has 0 unspecified atom stereocenters. The van der Waals surface area contributed by atoms with E-state index in [4.69, 9.17) is 35.0 Å². The first-order valence-corrected chi connectivity index (χ1v) is 4.19. The molecule has 0 fully saturated rings. The molecule has 0 heterocycles. The molecule has 0 aliphatic carbocycles. The van der Waals surface area contributed by atoms with Gasteiger partial charge in [-0.25, -0.2) is 0 Å². The Hall–Kier alpha value is 3.38. The fraction of sp³-hybridized carbons (Fsp3) is 0. The van der Waals surface area contributed by atoms with Gasteiger partial charge >= 0.3 is 20.8 Å². The van der Waals surface area contributed by atoms with Gasteiger partial charge < -0.3 is 0 Å². The average Bonchev–Trinajstić information content (AvgIpc) is 1.12. The fourth-order valence-corrected chi connectivity index (χ4v) is 0. The molecule has 0 aromatic rings. The van der Waals surface area contributed by atoms with E-state index in [1.807, 2.05) is 0 Å². The van der Waals surface area contributed by atoms with Gasteiger partial charge in [-0.1, -0.05) is 0 Å². The average molecular weight is 641 g/mol. The van der Waals surface area contributed by atoms with Crippen molar-refractivity contribution in [3.63, 3.8) is 0 Å². The van der Waals surface area contributed by atoms with E-state index < -0.39 is 20.8 Å². The molecule has 0 aromatic heterocycles. The Morgan fingerprint density at radius 2 is 0.412 bits per heavy atom. The van der Waals surface area contributed by atoms with Crippen LogP contribution in [0.5, 0.6) is 0 Å². The van der Waals surface area contributed by atoms with Crippen molar-refractivity contribution in [1.29, 1.82) is 0 Å². The largest absolute Gasteiger partial charge is 0.394 e. The third-order valence-electron chi connectivity index (χ3n) is 0. The minimum absolute atomic E-state index is 0. The van der Waals surface area contributed by atoms with Crippen molar-refractivity contribution in [3.05, 3.63) is 0 Å². The van der Waals surface area contributed by atoms with Crippen LogP contribution in [0.4, 0.5) is 0 Å². The Bertz CT molecular complexity index is 220. The van der Waals surface area contributed by atoms with Crippen LogP contribution < -0.4 is 0 Å². The van der Waals surface area contributed by atoms with E-state index in [9.17, 15) is 0 Å². The molecule has 0 bridgehead atoms. The van der Waals surface area contributed by atoms with Gasteiger partial charge in [0.05, 0.1) is 0 Å². The van der Waals surface area contributed by atoms with Gasteiger partial charge in [0, 0.05) is 119 Å². The quantitative estimate of drug-likeness (QED) is 0.188. The Labute approximate surface area is 173 Å². The smallest absolute Gasteiger partial charge is 0.264 e. The summed E-state index contributed by atoms with van der Waals surface area (Å²) < 4.78 is 63.2. The van der Waals surface area contributed by atoms with E-state index in [1.54, 1.807) is 0 Å². The monoisotopic (exact) mass is 636 g/mol. The molecule has 17 heteroatoms. The van der Waals surface area contributed by atoms with Crippen LogP contribution in [0.1, 0.15) is 0 Å². The second-order valence-electron chi connectivity index (χ2n) is 0.896. The Morgan fingerprint density at radius 3 is 0.412 bits per heavy atom. The van der Waals surface area contributed by atoms with Crippen molar-refractivity contribution in [2.24, 2.45) is 0 Å². The van der Waals surface area contributed by atoms with Crippen LogP contribution in [0.25, 0.3) is 0 Å². The summed E-state index contributed by atoms with van der Waals surface area (Å²) in [6, 6.07) is 0. The topological polar surface area (TPSA) is 149 Å². The molecule has 7 radical (unpaired) electrons. The standard InChI is InChI=1S/7Cu.2H2O4S/c;;;;;;;2*1-5(2,3)4/h;;;;;;;2*(H2,1,2,3,4). The zero-order valence-electron chi connectivity index (χ0n) is 6.35. The molecule has 0 rings (SSSR count). The van der Waals surface area contributed by atoms with E-state index in [0.717, 1.165) is 0 Å². The van der Waals surface area contributed by atoms with Crippen molar-refractivity contribution in [2.45, 2.75) is 0 Å². The van der Waals surface area contributed by atoms with Crippen molar-refractivity contribution in [1.82, 2.24) is 0 Å². The molecule has 4 N–H and O–H groups in total. The summed E-state index contributed by atoms with van der Waals surface area (Å²) in [5.41, 5.74) is 0.